The van der Waals surface area contributed by atoms with Crippen LogP contribution >= 0.6 is 11.6 Å². The molecule has 0 bridgehead atoms. The van der Waals surface area contributed by atoms with E-state index in [1.54, 1.807) is 12.4 Å². The van der Waals surface area contributed by atoms with Crippen molar-refractivity contribution in [3.05, 3.63) is 29.0 Å². The van der Waals surface area contributed by atoms with E-state index in [1.807, 2.05) is 13.0 Å². The number of halogens is 1. The van der Waals surface area contributed by atoms with Crippen LogP contribution in [0.15, 0.2) is 18.5 Å². The zero-order chi connectivity index (χ0) is 12.9. The monoisotopic (exact) mass is 256 g/mol. The summed E-state index contributed by atoms with van der Waals surface area (Å²) in [4.78, 5) is 3.93. The van der Waals surface area contributed by atoms with Crippen LogP contribution in [0, 0.1) is 0 Å². The molecule has 0 radical (unpaired) electrons. The average molecular weight is 257 g/mol. The summed E-state index contributed by atoms with van der Waals surface area (Å²) in [5, 5.41) is 14.2. The number of nitrogens with one attached hydrogen (secondary N) is 1. The SMILES string of the molecule is CC(C)NCCC(C)(O)Cc1ccncc1Cl. The zero-order valence-electron chi connectivity index (χ0n) is 10.7. The molecule has 1 rings (SSSR count). The van der Waals surface area contributed by atoms with Crippen molar-refractivity contribution in [2.45, 2.75) is 45.3 Å². The first-order valence-electron chi connectivity index (χ1n) is 5.95. The van der Waals surface area contributed by atoms with E-state index in [9.17, 15) is 5.11 Å². The highest BCUT2D eigenvalue weighted by atomic mass is 35.5. The molecule has 1 aromatic rings. The van der Waals surface area contributed by atoms with Crippen molar-refractivity contribution >= 4 is 11.6 Å². The van der Waals surface area contributed by atoms with E-state index in [4.69, 9.17) is 11.6 Å². The van der Waals surface area contributed by atoms with Gasteiger partial charge in [-0.3, -0.25) is 4.98 Å². The van der Waals surface area contributed by atoms with Gasteiger partial charge in [0.05, 0.1) is 10.6 Å². The molecule has 0 spiro atoms. The number of nitrogens with zero attached hydrogens (tertiary/aromatic N) is 1. The molecular formula is C13H21ClN2O. The van der Waals surface area contributed by atoms with Gasteiger partial charge in [-0.2, -0.15) is 0 Å². The Kier molecular flexibility index (Phi) is 5.37. The molecule has 0 saturated carbocycles. The van der Waals surface area contributed by atoms with E-state index in [2.05, 4.69) is 24.1 Å². The quantitative estimate of drug-likeness (QED) is 0.822. The first kappa shape index (κ1) is 14.4. The summed E-state index contributed by atoms with van der Waals surface area (Å²) in [6, 6.07) is 2.29. The van der Waals surface area contributed by atoms with Crippen LogP contribution in [-0.4, -0.2) is 28.3 Å². The maximum Gasteiger partial charge on any atom is 0.0672 e. The molecule has 17 heavy (non-hydrogen) atoms. The van der Waals surface area contributed by atoms with Gasteiger partial charge in [0.25, 0.3) is 0 Å². The standard InChI is InChI=1S/C13H21ClN2O/c1-10(2)16-7-5-13(3,17)8-11-4-6-15-9-12(11)14/h4,6,9-10,16-17H,5,7-8H2,1-3H3. The van der Waals surface area contributed by atoms with E-state index >= 15 is 0 Å². The minimum Gasteiger partial charge on any atom is -0.390 e. The first-order chi connectivity index (χ1) is 7.91. The maximum absolute atomic E-state index is 10.3. The van der Waals surface area contributed by atoms with Crippen molar-refractivity contribution in [3.8, 4) is 0 Å². The van der Waals surface area contributed by atoms with Crippen LogP contribution in [0.4, 0.5) is 0 Å². The first-order valence-corrected chi connectivity index (χ1v) is 6.33. The molecule has 0 fully saturated rings. The number of aromatic nitrogens is 1. The molecule has 0 aromatic carbocycles. The Morgan fingerprint density at radius 2 is 2.24 bits per heavy atom. The number of pyridine rings is 1. The van der Waals surface area contributed by atoms with E-state index in [0.717, 1.165) is 12.1 Å². The molecule has 0 aliphatic rings. The van der Waals surface area contributed by atoms with Gasteiger partial charge in [-0.1, -0.05) is 25.4 Å². The summed E-state index contributed by atoms with van der Waals surface area (Å²) in [5.74, 6) is 0. The van der Waals surface area contributed by atoms with Gasteiger partial charge in [-0.15, -0.1) is 0 Å². The van der Waals surface area contributed by atoms with Crippen LogP contribution in [0.5, 0.6) is 0 Å². The second-order valence-corrected chi connectivity index (χ2v) is 5.41. The molecule has 1 heterocycles. The molecule has 0 saturated heterocycles. The Balaban J connectivity index is 2.51. The van der Waals surface area contributed by atoms with Gasteiger partial charge >= 0.3 is 0 Å². The van der Waals surface area contributed by atoms with Crippen molar-refractivity contribution in [3.63, 3.8) is 0 Å². The number of hydrogen-bond acceptors (Lipinski definition) is 3. The Bertz CT molecular complexity index is 353. The van der Waals surface area contributed by atoms with Crippen molar-refractivity contribution in [1.82, 2.24) is 10.3 Å². The fourth-order valence-corrected chi connectivity index (χ4v) is 1.86. The fraction of sp³-hybridized carbons (Fsp3) is 0.615. The minimum atomic E-state index is -0.743. The lowest BCUT2D eigenvalue weighted by molar-refractivity contribution is 0.0511. The highest BCUT2D eigenvalue weighted by molar-refractivity contribution is 6.31. The summed E-state index contributed by atoms with van der Waals surface area (Å²) in [6.45, 7) is 6.82. The van der Waals surface area contributed by atoms with Crippen LogP contribution in [-0.2, 0) is 6.42 Å². The molecule has 4 heteroatoms. The summed E-state index contributed by atoms with van der Waals surface area (Å²) in [5.41, 5.74) is 0.198. The number of hydrogen-bond donors (Lipinski definition) is 2. The fourth-order valence-electron chi connectivity index (χ4n) is 1.68. The molecule has 96 valence electrons. The van der Waals surface area contributed by atoms with Crippen molar-refractivity contribution in [2.24, 2.45) is 0 Å². The molecule has 2 N–H and O–H groups in total. The molecule has 0 aliphatic carbocycles. The van der Waals surface area contributed by atoms with Crippen LogP contribution in [0.25, 0.3) is 0 Å². The normalized spacial score (nSPS) is 14.9. The van der Waals surface area contributed by atoms with E-state index in [0.29, 0.717) is 23.9 Å². The lowest BCUT2D eigenvalue weighted by atomic mass is 9.93. The third kappa shape index (κ3) is 5.48. The van der Waals surface area contributed by atoms with Gasteiger partial charge in [-0.25, -0.2) is 0 Å². The number of aliphatic hydroxyl groups is 1. The molecule has 0 amide bonds. The summed E-state index contributed by atoms with van der Waals surface area (Å²) < 4.78 is 0. The lowest BCUT2D eigenvalue weighted by Gasteiger charge is -2.24. The Morgan fingerprint density at radius 3 is 2.82 bits per heavy atom. The van der Waals surface area contributed by atoms with Gasteiger partial charge in [0.2, 0.25) is 0 Å². The van der Waals surface area contributed by atoms with Gasteiger partial charge in [0.15, 0.2) is 0 Å². The largest absolute Gasteiger partial charge is 0.390 e. The third-order valence-electron chi connectivity index (χ3n) is 2.64. The summed E-state index contributed by atoms with van der Waals surface area (Å²) in [7, 11) is 0. The Labute approximate surface area is 108 Å². The van der Waals surface area contributed by atoms with E-state index < -0.39 is 5.60 Å². The van der Waals surface area contributed by atoms with Gasteiger partial charge < -0.3 is 10.4 Å². The number of rotatable bonds is 6. The van der Waals surface area contributed by atoms with Crippen LogP contribution < -0.4 is 5.32 Å². The van der Waals surface area contributed by atoms with Crippen LogP contribution in [0.3, 0.4) is 0 Å². The smallest absolute Gasteiger partial charge is 0.0672 e. The average Bonchev–Trinajstić information content (AvgIpc) is 2.20. The van der Waals surface area contributed by atoms with Crippen LogP contribution in [0.1, 0.15) is 32.8 Å². The van der Waals surface area contributed by atoms with Gasteiger partial charge in [0.1, 0.15) is 0 Å². The second kappa shape index (κ2) is 6.34. The highest BCUT2D eigenvalue weighted by Gasteiger charge is 2.21. The maximum atomic E-state index is 10.3. The van der Waals surface area contributed by atoms with Gasteiger partial charge in [0, 0.05) is 24.9 Å². The zero-order valence-corrected chi connectivity index (χ0v) is 11.5. The molecule has 3 nitrogen and oxygen atoms in total. The summed E-state index contributed by atoms with van der Waals surface area (Å²) >= 11 is 6.03. The molecule has 1 unspecified atom stereocenters. The summed E-state index contributed by atoms with van der Waals surface area (Å²) in [6.07, 6.45) is 4.56. The van der Waals surface area contributed by atoms with E-state index in [-0.39, 0.29) is 0 Å². The van der Waals surface area contributed by atoms with Crippen LogP contribution in [0.2, 0.25) is 5.02 Å². The predicted octanol–water partition coefficient (Wildman–Crippen LogP) is 2.42. The van der Waals surface area contributed by atoms with Crippen molar-refractivity contribution in [2.75, 3.05) is 6.54 Å². The molecule has 1 aromatic heterocycles. The highest BCUT2D eigenvalue weighted by Crippen LogP contribution is 2.21. The third-order valence-corrected chi connectivity index (χ3v) is 2.98. The van der Waals surface area contributed by atoms with E-state index in [1.165, 1.54) is 0 Å². The topological polar surface area (TPSA) is 45.1 Å². The molecule has 0 aliphatic heterocycles. The Morgan fingerprint density at radius 1 is 1.53 bits per heavy atom. The van der Waals surface area contributed by atoms with Crippen molar-refractivity contribution < 1.29 is 5.11 Å². The second-order valence-electron chi connectivity index (χ2n) is 5.00. The van der Waals surface area contributed by atoms with Gasteiger partial charge in [-0.05, 0) is 31.5 Å². The lowest BCUT2D eigenvalue weighted by Crippen LogP contribution is -2.34. The minimum absolute atomic E-state index is 0.440. The molecular weight excluding hydrogens is 236 g/mol. The Hall–Kier alpha value is -0.640. The van der Waals surface area contributed by atoms with Crippen molar-refractivity contribution in [1.29, 1.82) is 0 Å². The molecule has 1 atom stereocenters. The predicted molar refractivity (Wildman–Crippen MR) is 71.3 cm³/mol.